The molecular formula is C14H22N2O2. The molecule has 0 aliphatic heterocycles. The van der Waals surface area contributed by atoms with Crippen LogP contribution >= 0.6 is 0 Å². The number of nitrogens with one attached hydrogen (secondary N) is 1. The Morgan fingerprint density at radius 3 is 2.44 bits per heavy atom. The lowest BCUT2D eigenvalue weighted by Crippen LogP contribution is -2.32. The van der Waals surface area contributed by atoms with Crippen LogP contribution in [0.1, 0.15) is 32.8 Å². The van der Waals surface area contributed by atoms with Crippen molar-refractivity contribution < 1.29 is 4.92 Å². The van der Waals surface area contributed by atoms with Gasteiger partial charge in [0.25, 0.3) is 5.69 Å². The summed E-state index contributed by atoms with van der Waals surface area (Å²) in [5.41, 5.74) is 1.22. The lowest BCUT2D eigenvalue weighted by Gasteiger charge is -2.25. The van der Waals surface area contributed by atoms with Gasteiger partial charge in [0, 0.05) is 17.7 Å². The zero-order valence-corrected chi connectivity index (χ0v) is 11.6. The van der Waals surface area contributed by atoms with Crippen molar-refractivity contribution >= 4 is 5.69 Å². The standard InChI is InChI=1S/C14H22N2O2/c1-14(2,3)10-12(15-4)9-11-7-5-6-8-13(11)16(17)18/h5-8,12,15H,9-10H2,1-4H3. The molecular weight excluding hydrogens is 228 g/mol. The summed E-state index contributed by atoms with van der Waals surface area (Å²) in [5.74, 6) is 0. The summed E-state index contributed by atoms with van der Waals surface area (Å²) in [7, 11) is 1.91. The van der Waals surface area contributed by atoms with Crippen molar-refractivity contribution in [2.24, 2.45) is 5.41 Å². The number of nitro benzene ring substituents is 1. The molecule has 4 heteroatoms. The predicted octanol–water partition coefficient (Wildman–Crippen LogP) is 3.16. The van der Waals surface area contributed by atoms with Gasteiger partial charge >= 0.3 is 0 Å². The van der Waals surface area contributed by atoms with Gasteiger partial charge in [0.2, 0.25) is 0 Å². The summed E-state index contributed by atoms with van der Waals surface area (Å²) in [6.45, 7) is 6.53. The first-order valence-corrected chi connectivity index (χ1v) is 6.23. The summed E-state index contributed by atoms with van der Waals surface area (Å²) < 4.78 is 0. The number of hydrogen-bond donors (Lipinski definition) is 1. The molecule has 1 atom stereocenters. The topological polar surface area (TPSA) is 55.2 Å². The van der Waals surface area contributed by atoms with E-state index in [1.165, 1.54) is 0 Å². The number of para-hydroxylation sites is 1. The fourth-order valence-corrected chi connectivity index (χ4v) is 2.14. The van der Waals surface area contributed by atoms with E-state index in [-0.39, 0.29) is 22.1 Å². The molecule has 4 nitrogen and oxygen atoms in total. The highest BCUT2D eigenvalue weighted by molar-refractivity contribution is 5.40. The molecule has 1 aromatic rings. The molecule has 100 valence electrons. The van der Waals surface area contributed by atoms with Crippen molar-refractivity contribution in [3.63, 3.8) is 0 Å². The first-order valence-electron chi connectivity index (χ1n) is 6.23. The number of rotatable bonds is 5. The number of hydrogen-bond acceptors (Lipinski definition) is 3. The van der Waals surface area contributed by atoms with Crippen molar-refractivity contribution in [1.29, 1.82) is 0 Å². The van der Waals surface area contributed by atoms with E-state index in [2.05, 4.69) is 26.1 Å². The van der Waals surface area contributed by atoms with E-state index in [1.54, 1.807) is 12.1 Å². The van der Waals surface area contributed by atoms with Crippen LogP contribution in [0, 0.1) is 15.5 Å². The molecule has 18 heavy (non-hydrogen) atoms. The quantitative estimate of drug-likeness (QED) is 0.645. The van der Waals surface area contributed by atoms with Crippen LogP contribution in [0.25, 0.3) is 0 Å². The lowest BCUT2D eigenvalue weighted by atomic mass is 9.85. The molecule has 1 N–H and O–H groups in total. The highest BCUT2D eigenvalue weighted by Gasteiger charge is 2.21. The molecule has 0 heterocycles. The zero-order valence-electron chi connectivity index (χ0n) is 11.6. The Balaban J connectivity index is 2.85. The molecule has 0 fully saturated rings. The number of nitrogens with zero attached hydrogens (tertiary/aromatic N) is 1. The number of benzene rings is 1. The third-order valence-corrected chi connectivity index (χ3v) is 2.92. The van der Waals surface area contributed by atoms with Crippen LogP contribution in [0.2, 0.25) is 0 Å². The summed E-state index contributed by atoms with van der Waals surface area (Å²) >= 11 is 0. The smallest absolute Gasteiger partial charge is 0.272 e. The molecule has 0 bridgehead atoms. The maximum absolute atomic E-state index is 11.0. The van der Waals surface area contributed by atoms with Gasteiger partial charge in [-0.15, -0.1) is 0 Å². The normalized spacial score (nSPS) is 13.3. The largest absolute Gasteiger partial charge is 0.317 e. The van der Waals surface area contributed by atoms with Crippen LogP contribution in [0.3, 0.4) is 0 Å². The highest BCUT2D eigenvalue weighted by atomic mass is 16.6. The molecule has 0 saturated heterocycles. The lowest BCUT2D eigenvalue weighted by molar-refractivity contribution is -0.385. The van der Waals surface area contributed by atoms with Crippen molar-refractivity contribution in [2.45, 2.75) is 39.7 Å². The van der Waals surface area contributed by atoms with Crippen LogP contribution in [0.15, 0.2) is 24.3 Å². The fourth-order valence-electron chi connectivity index (χ4n) is 2.14. The Kier molecular flexibility index (Phi) is 4.84. The van der Waals surface area contributed by atoms with Crippen LogP contribution < -0.4 is 5.32 Å². The van der Waals surface area contributed by atoms with Gasteiger partial charge in [0.1, 0.15) is 0 Å². The Bertz CT molecular complexity index is 411. The van der Waals surface area contributed by atoms with Gasteiger partial charge < -0.3 is 5.32 Å². The second-order valence-electron chi connectivity index (χ2n) is 5.84. The molecule has 1 unspecified atom stereocenters. The minimum atomic E-state index is -0.306. The van der Waals surface area contributed by atoms with Crippen molar-refractivity contribution in [1.82, 2.24) is 5.32 Å². The predicted molar refractivity (Wildman–Crippen MR) is 73.7 cm³/mol. The summed E-state index contributed by atoms with van der Waals surface area (Å²) in [6.07, 6.45) is 1.67. The molecule has 0 aromatic heterocycles. The van der Waals surface area contributed by atoms with E-state index in [1.807, 2.05) is 19.2 Å². The molecule has 1 rings (SSSR count). The Morgan fingerprint density at radius 2 is 1.94 bits per heavy atom. The zero-order chi connectivity index (χ0) is 13.8. The van der Waals surface area contributed by atoms with Gasteiger partial charge in [0.15, 0.2) is 0 Å². The molecule has 0 aliphatic rings. The van der Waals surface area contributed by atoms with Crippen LogP contribution in [-0.2, 0) is 6.42 Å². The molecule has 1 aromatic carbocycles. The summed E-state index contributed by atoms with van der Waals surface area (Å²) in [5, 5.41) is 14.2. The van der Waals surface area contributed by atoms with E-state index in [4.69, 9.17) is 0 Å². The molecule has 0 spiro atoms. The van der Waals surface area contributed by atoms with Crippen LogP contribution in [0.5, 0.6) is 0 Å². The minimum Gasteiger partial charge on any atom is -0.317 e. The molecule has 0 amide bonds. The molecule has 0 saturated carbocycles. The number of likely N-dealkylation sites (N-methyl/N-ethyl adjacent to an activating group) is 1. The third-order valence-electron chi connectivity index (χ3n) is 2.92. The number of nitro groups is 1. The Hall–Kier alpha value is -1.42. The van der Waals surface area contributed by atoms with Crippen LogP contribution in [0.4, 0.5) is 5.69 Å². The van der Waals surface area contributed by atoms with Gasteiger partial charge in [-0.1, -0.05) is 39.0 Å². The van der Waals surface area contributed by atoms with E-state index < -0.39 is 0 Å². The second-order valence-corrected chi connectivity index (χ2v) is 5.84. The molecule has 0 radical (unpaired) electrons. The van der Waals surface area contributed by atoms with E-state index in [0.717, 1.165) is 12.0 Å². The highest BCUT2D eigenvalue weighted by Crippen LogP contribution is 2.25. The SMILES string of the molecule is CNC(Cc1ccccc1[N+](=O)[O-])CC(C)(C)C. The van der Waals surface area contributed by atoms with E-state index in [0.29, 0.717) is 6.42 Å². The third kappa shape index (κ3) is 4.45. The summed E-state index contributed by atoms with van der Waals surface area (Å²) in [6, 6.07) is 7.22. The van der Waals surface area contributed by atoms with E-state index in [9.17, 15) is 10.1 Å². The minimum absolute atomic E-state index is 0.206. The average molecular weight is 250 g/mol. The second kappa shape index (κ2) is 5.96. The van der Waals surface area contributed by atoms with Gasteiger partial charge in [-0.05, 0) is 25.3 Å². The van der Waals surface area contributed by atoms with Gasteiger partial charge in [-0.3, -0.25) is 10.1 Å². The maximum Gasteiger partial charge on any atom is 0.272 e. The molecule has 0 aliphatic carbocycles. The van der Waals surface area contributed by atoms with Crippen molar-refractivity contribution in [3.05, 3.63) is 39.9 Å². The fraction of sp³-hybridized carbons (Fsp3) is 0.571. The van der Waals surface area contributed by atoms with Crippen molar-refractivity contribution in [2.75, 3.05) is 7.05 Å². The monoisotopic (exact) mass is 250 g/mol. The maximum atomic E-state index is 11.0. The van der Waals surface area contributed by atoms with E-state index >= 15 is 0 Å². The average Bonchev–Trinajstić information content (AvgIpc) is 2.26. The van der Waals surface area contributed by atoms with Crippen molar-refractivity contribution in [3.8, 4) is 0 Å². The van der Waals surface area contributed by atoms with Gasteiger partial charge in [0.05, 0.1) is 4.92 Å². The summed E-state index contributed by atoms with van der Waals surface area (Å²) in [4.78, 5) is 10.7. The van der Waals surface area contributed by atoms with Gasteiger partial charge in [-0.25, -0.2) is 0 Å². The Morgan fingerprint density at radius 1 is 1.33 bits per heavy atom. The first kappa shape index (κ1) is 14.6. The van der Waals surface area contributed by atoms with Crippen LogP contribution in [-0.4, -0.2) is 18.0 Å². The first-order chi connectivity index (χ1) is 8.33. The van der Waals surface area contributed by atoms with Gasteiger partial charge in [-0.2, -0.15) is 0 Å². The Labute approximate surface area is 109 Å².